The van der Waals surface area contributed by atoms with Crippen molar-refractivity contribution in [1.29, 1.82) is 0 Å². The Morgan fingerprint density at radius 3 is 1.83 bits per heavy atom. The highest BCUT2D eigenvalue weighted by Gasteiger charge is 2.24. The Bertz CT molecular complexity index is 821. The van der Waals surface area contributed by atoms with Crippen LogP contribution in [0.15, 0.2) is 84.9 Å². The van der Waals surface area contributed by atoms with Crippen molar-refractivity contribution >= 4 is 11.5 Å². The van der Waals surface area contributed by atoms with Gasteiger partial charge in [-0.05, 0) is 11.1 Å². The molecule has 3 aromatic rings. The summed E-state index contributed by atoms with van der Waals surface area (Å²) in [6.07, 6.45) is 0. The average molecular weight is 317 g/mol. The molecule has 0 saturated heterocycles. The van der Waals surface area contributed by atoms with Gasteiger partial charge in [0.15, 0.2) is 5.78 Å². The van der Waals surface area contributed by atoms with Crippen LogP contribution in [0.4, 0.5) is 5.69 Å². The van der Waals surface area contributed by atoms with Gasteiger partial charge in [-0.1, -0.05) is 72.8 Å². The number of benzene rings is 3. The van der Waals surface area contributed by atoms with Gasteiger partial charge in [0.05, 0.1) is 10.8 Å². The molecule has 0 aliphatic carbocycles. The van der Waals surface area contributed by atoms with Crippen LogP contribution < -0.4 is 0 Å². The monoisotopic (exact) mass is 317 g/mol. The molecule has 0 aliphatic rings. The molecule has 0 N–H and O–H groups in total. The van der Waals surface area contributed by atoms with Gasteiger partial charge in [0.2, 0.25) is 0 Å². The molecule has 3 rings (SSSR count). The highest BCUT2D eigenvalue weighted by molar-refractivity contribution is 6.03. The number of ketones is 1. The molecule has 0 amide bonds. The van der Waals surface area contributed by atoms with Gasteiger partial charge in [0.1, 0.15) is 0 Å². The van der Waals surface area contributed by atoms with E-state index in [2.05, 4.69) is 0 Å². The van der Waals surface area contributed by atoms with Crippen molar-refractivity contribution in [3.63, 3.8) is 0 Å². The molecule has 0 bridgehead atoms. The molecule has 24 heavy (non-hydrogen) atoms. The zero-order chi connectivity index (χ0) is 16.9. The molecule has 4 nitrogen and oxygen atoms in total. The number of carbonyl (C=O) groups is 1. The molecule has 0 heterocycles. The summed E-state index contributed by atoms with van der Waals surface area (Å²) in [5.41, 5.74) is 1.98. The summed E-state index contributed by atoms with van der Waals surface area (Å²) in [5.74, 6) is -0.648. The van der Waals surface area contributed by atoms with Gasteiger partial charge in [0, 0.05) is 17.7 Å². The molecule has 0 atom stereocenters. The molecule has 0 radical (unpaired) electrons. The maximum absolute atomic E-state index is 13.1. The summed E-state index contributed by atoms with van der Waals surface area (Å²) in [4.78, 5) is 23.6. The summed E-state index contributed by atoms with van der Waals surface area (Å²) in [6.45, 7) is 0. The van der Waals surface area contributed by atoms with Crippen LogP contribution in [-0.2, 0) is 0 Å². The maximum atomic E-state index is 13.1. The van der Waals surface area contributed by atoms with Crippen LogP contribution in [-0.4, -0.2) is 10.7 Å². The smallest absolute Gasteiger partial charge is 0.270 e. The number of hydrogen-bond donors (Lipinski definition) is 0. The quantitative estimate of drug-likeness (QED) is 0.392. The first-order valence-corrected chi connectivity index (χ1v) is 7.55. The number of hydrogen-bond acceptors (Lipinski definition) is 3. The highest BCUT2D eigenvalue weighted by atomic mass is 16.6. The third-order valence-corrected chi connectivity index (χ3v) is 3.87. The molecule has 0 fully saturated rings. The predicted octanol–water partition coefficient (Wildman–Crippen LogP) is 4.61. The van der Waals surface area contributed by atoms with Crippen LogP contribution >= 0.6 is 0 Å². The van der Waals surface area contributed by atoms with E-state index in [-0.39, 0.29) is 11.5 Å². The van der Waals surface area contributed by atoms with Crippen LogP contribution in [0.25, 0.3) is 0 Å². The van der Waals surface area contributed by atoms with E-state index in [0.29, 0.717) is 5.56 Å². The van der Waals surface area contributed by atoms with Crippen molar-refractivity contribution in [1.82, 2.24) is 0 Å². The van der Waals surface area contributed by atoms with Crippen molar-refractivity contribution in [3.8, 4) is 0 Å². The fourth-order valence-electron chi connectivity index (χ4n) is 2.73. The minimum absolute atomic E-state index is 0.0827. The number of nitro groups is 1. The second-order valence-electron chi connectivity index (χ2n) is 5.43. The van der Waals surface area contributed by atoms with Gasteiger partial charge in [-0.25, -0.2) is 0 Å². The summed E-state index contributed by atoms with van der Waals surface area (Å²) in [7, 11) is 0. The van der Waals surface area contributed by atoms with E-state index >= 15 is 0 Å². The fourth-order valence-corrected chi connectivity index (χ4v) is 2.73. The lowest BCUT2D eigenvalue weighted by atomic mass is 9.85. The van der Waals surface area contributed by atoms with Crippen LogP contribution in [0.1, 0.15) is 27.4 Å². The summed E-state index contributed by atoms with van der Waals surface area (Å²) in [5, 5.41) is 11.0. The predicted molar refractivity (Wildman–Crippen MR) is 92.2 cm³/mol. The summed E-state index contributed by atoms with van der Waals surface area (Å²) < 4.78 is 0. The molecular formula is C20H15NO3. The van der Waals surface area contributed by atoms with Crippen molar-refractivity contribution < 1.29 is 9.72 Å². The molecule has 0 saturated carbocycles. The van der Waals surface area contributed by atoms with Crippen molar-refractivity contribution in [2.45, 2.75) is 5.92 Å². The van der Waals surface area contributed by atoms with Gasteiger partial charge < -0.3 is 0 Å². The van der Waals surface area contributed by atoms with Gasteiger partial charge in [-0.3, -0.25) is 14.9 Å². The van der Waals surface area contributed by atoms with Crippen LogP contribution in [0.2, 0.25) is 0 Å². The van der Waals surface area contributed by atoms with Gasteiger partial charge >= 0.3 is 0 Å². The van der Waals surface area contributed by atoms with Crippen molar-refractivity contribution in [3.05, 3.63) is 112 Å². The third-order valence-electron chi connectivity index (χ3n) is 3.87. The van der Waals surface area contributed by atoms with Gasteiger partial charge in [-0.15, -0.1) is 0 Å². The van der Waals surface area contributed by atoms with Crippen molar-refractivity contribution in [2.24, 2.45) is 0 Å². The molecule has 3 aromatic carbocycles. The van der Waals surface area contributed by atoms with Crippen LogP contribution in [0.3, 0.4) is 0 Å². The van der Waals surface area contributed by atoms with E-state index in [1.54, 1.807) is 12.1 Å². The number of carbonyl (C=O) groups excluding carboxylic acids is 1. The standard InChI is InChI=1S/C20H15NO3/c22-20(17-12-7-13-18(14-17)21(23)24)19(15-8-3-1-4-9-15)16-10-5-2-6-11-16/h1-14,19H. The molecule has 0 spiro atoms. The fraction of sp³-hybridized carbons (Fsp3) is 0.0500. The zero-order valence-corrected chi connectivity index (χ0v) is 12.8. The Labute approximate surface area is 139 Å². The zero-order valence-electron chi connectivity index (χ0n) is 12.8. The highest BCUT2D eigenvalue weighted by Crippen LogP contribution is 2.29. The normalized spacial score (nSPS) is 10.5. The maximum Gasteiger partial charge on any atom is 0.270 e. The number of nitrogens with zero attached hydrogens (tertiary/aromatic N) is 1. The number of rotatable bonds is 5. The van der Waals surface area contributed by atoms with Gasteiger partial charge in [0.25, 0.3) is 5.69 Å². The summed E-state index contributed by atoms with van der Waals surface area (Å²) >= 11 is 0. The topological polar surface area (TPSA) is 60.2 Å². The first-order chi connectivity index (χ1) is 11.7. The molecule has 118 valence electrons. The minimum atomic E-state index is -0.491. The lowest BCUT2D eigenvalue weighted by Gasteiger charge is -2.17. The number of nitro benzene ring substituents is 1. The van der Waals surface area contributed by atoms with E-state index in [0.717, 1.165) is 11.1 Å². The lowest BCUT2D eigenvalue weighted by Crippen LogP contribution is -2.14. The van der Waals surface area contributed by atoms with Gasteiger partial charge in [-0.2, -0.15) is 0 Å². The molecule has 0 aromatic heterocycles. The lowest BCUT2D eigenvalue weighted by molar-refractivity contribution is -0.384. The first kappa shape index (κ1) is 15.6. The largest absolute Gasteiger partial charge is 0.293 e. The van der Waals surface area contributed by atoms with Crippen LogP contribution in [0.5, 0.6) is 0 Å². The van der Waals surface area contributed by atoms with Crippen molar-refractivity contribution in [2.75, 3.05) is 0 Å². The van der Waals surface area contributed by atoms with Crippen LogP contribution in [0, 0.1) is 10.1 Å². The Hall–Kier alpha value is -3.27. The minimum Gasteiger partial charge on any atom is -0.293 e. The molecule has 0 unspecified atom stereocenters. The number of Topliss-reactive ketones (excluding diaryl/α,β-unsaturated/α-hetero) is 1. The van der Waals surface area contributed by atoms with E-state index < -0.39 is 10.8 Å². The SMILES string of the molecule is O=C(c1cccc([N+](=O)[O-])c1)C(c1ccccc1)c1ccccc1. The Kier molecular flexibility index (Phi) is 4.47. The van der Waals surface area contributed by atoms with E-state index in [9.17, 15) is 14.9 Å². The van der Waals surface area contributed by atoms with E-state index in [1.165, 1.54) is 12.1 Å². The van der Waals surface area contributed by atoms with E-state index in [1.807, 2.05) is 60.7 Å². The molecule has 4 heteroatoms. The molecule has 0 aliphatic heterocycles. The Morgan fingerprint density at radius 2 is 1.33 bits per heavy atom. The first-order valence-electron chi connectivity index (χ1n) is 7.55. The average Bonchev–Trinajstić information content (AvgIpc) is 2.64. The Balaban J connectivity index is 2.08. The third kappa shape index (κ3) is 3.22. The second-order valence-corrected chi connectivity index (χ2v) is 5.43. The molecular weight excluding hydrogens is 302 g/mol. The second kappa shape index (κ2) is 6.87. The Morgan fingerprint density at radius 1 is 0.792 bits per heavy atom. The number of non-ortho nitro benzene ring substituents is 1. The summed E-state index contributed by atoms with van der Waals surface area (Å²) in [6, 6.07) is 24.8. The van der Waals surface area contributed by atoms with E-state index in [4.69, 9.17) is 0 Å².